The van der Waals surface area contributed by atoms with Crippen LogP contribution in [0.2, 0.25) is 5.02 Å². The highest BCUT2D eigenvalue weighted by molar-refractivity contribution is 7.15. The van der Waals surface area contributed by atoms with Gasteiger partial charge in [0.1, 0.15) is 5.01 Å². The number of nitrogens with one attached hydrogen (secondary N) is 2. The average Bonchev–Trinajstić information content (AvgIpc) is 3.39. The molecule has 2 N–H and O–H groups in total. The van der Waals surface area contributed by atoms with Gasteiger partial charge in [-0.15, -0.1) is 10.2 Å². The minimum absolute atomic E-state index is 0.00536. The Morgan fingerprint density at radius 3 is 3.03 bits per heavy atom. The van der Waals surface area contributed by atoms with E-state index in [1.807, 2.05) is 24.4 Å². The van der Waals surface area contributed by atoms with E-state index in [-0.39, 0.29) is 24.2 Å². The molecule has 1 fully saturated rings. The Kier molecular flexibility index (Phi) is 6.06. The lowest BCUT2D eigenvalue weighted by molar-refractivity contribution is -0.128. The van der Waals surface area contributed by atoms with Gasteiger partial charge in [-0.3, -0.25) is 9.59 Å². The van der Waals surface area contributed by atoms with Crippen molar-refractivity contribution in [3.05, 3.63) is 40.0 Å². The van der Waals surface area contributed by atoms with Crippen molar-refractivity contribution in [1.29, 1.82) is 0 Å². The van der Waals surface area contributed by atoms with E-state index in [4.69, 9.17) is 11.6 Å². The first kappa shape index (κ1) is 20.8. The van der Waals surface area contributed by atoms with Crippen LogP contribution in [-0.4, -0.2) is 45.0 Å². The van der Waals surface area contributed by atoms with E-state index < -0.39 is 0 Å². The van der Waals surface area contributed by atoms with E-state index in [0.717, 1.165) is 27.9 Å². The van der Waals surface area contributed by atoms with Gasteiger partial charge in [0.25, 0.3) is 0 Å². The lowest BCUT2D eigenvalue weighted by atomic mass is 10.1. The van der Waals surface area contributed by atoms with Gasteiger partial charge in [-0.25, -0.2) is 0 Å². The van der Waals surface area contributed by atoms with Crippen molar-refractivity contribution in [3.8, 4) is 0 Å². The maximum Gasteiger partial charge on any atom is 0.231 e. The molecule has 4 rings (SSSR count). The summed E-state index contributed by atoms with van der Waals surface area (Å²) in [6, 6.07) is 5.73. The van der Waals surface area contributed by atoms with Crippen LogP contribution < -0.4 is 5.32 Å². The summed E-state index contributed by atoms with van der Waals surface area (Å²) < 4.78 is 0. The van der Waals surface area contributed by atoms with Gasteiger partial charge in [0.15, 0.2) is 0 Å². The van der Waals surface area contributed by atoms with Crippen molar-refractivity contribution < 1.29 is 9.59 Å². The van der Waals surface area contributed by atoms with Gasteiger partial charge in [-0.2, -0.15) is 0 Å². The smallest absolute Gasteiger partial charge is 0.231 e. The standard InChI is InChI=1S/C21H24ClN5O2S/c1-12(2)7-18-25-26-21(30-18)24-20(29)14-8-19(28)27(11-14)6-5-13-10-23-17-4-3-15(22)9-16(13)17/h3-4,9-10,12,14,23H,5-8,11H2,1-2H3,(H,24,26,29)/t14-/m0/s1. The number of hydrogen-bond donors (Lipinski definition) is 2. The number of carbonyl (C=O) groups excluding carboxylic acids is 2. The van der Waals surface area contributed by atoms with Crippen LogP contribution in [0.4, 0.5) is 5.13 Å². The number of rotatable bonds is 7. The van der Waals surface area contributed by atoms with Gasteiger partial charge in [0.05, 0.1) is 5.92 Å². The minimum Gasteiger partial charge on any atom is -0.361 e. The van der Waals surface area contributed by atoms with Crippen molar-refractivity contribution >= 4 is 50.8 Å². The number of carbonyl (C=O) groups is 2. The number of anilines is 1. The summed E-state index contributed by atoms with van der Waals surface area (Å²) in [6.45, 7) is 5.22. The number of fused-ring (bicyclic) bond motifs is 1. The molecule has 1 saturated heterocycles. The molecule has 2 amide bonds. The Balaban J connectivity index is 1.33. The first-order valence-electron chi connectivity index (χ1n) is 10.1. The van der Waals surface area contributed by atoms with Gasteiger partial charge < -0.3 is 15.2 Å². The lowest BCUT2D eigenvalue weighted by Crippen LogP contribution is -2.30. The van der Waals surface area contributed by atoms with E-state index in [2.05, 4.69) is 34.3 Å². The van der Waals surface area contributed by atoms with E-state index >= 15 is 0 Å². The second-order valence-corrected chi connectivity index (χ2v) is 9.58. The van der Waals surface area contributed by atoms with Crippen molar-refractivity contribution in [3.63, 3.8) is 0 Å². The molecular weight excluding hydrogens is 422 g/mol. The Labute approximate surface area is 183 Å². The molecule has 1 atom stereocenters. The third-order valence-corrected chi connectivity index (χ3v) is 6.34. The molecular formula is C21H24ClN5O2S. The van der Waals surface area contributed by atoms with Crippen molar-refractivity contribution in [2.24, 2.45) is 11.8 Å². The Morgan fingerprint density at radius 2 is 2.23 bits per heavy atom. The molecule has 0 saturated carbocycles. The molecule has 158 valence electrons. The minimum atomic E-state index is -0.368. The normalized spacial score (nSPS) is 16.7. The van der Waals surface area contributed by atoms with Crippen LogP contribution in [0.1, 0.15) is 30.8 Å². The number of aromatic amines is 1. The number of H-pyrrole nitrogens is 1. The van der Waals surface area contributed by atoms with E-state index in [9.17, 15) is 9.59 Å². The molecule has 0 bridgehead atoms. The molecule has 0 unspecified atom stereocenters. The quantitative estimate of drug-likeness (QED) is 0.577. The first-order chi connectivity index (χ1) is 14.4. The molecule has 9 heteroatoms. The van der Waals surface area contributed by atoms with E-state index in [1.54, 1.807) is 4.90 Å². The largest absolute Gasteiger partial charge is 0.361 e. The SMILES string of the molecule is CC(C)Cc1nnc(NC(=O)[C@H]2CC(=O)N(CCc3c[nH]c4ccc(Cl)cc34)C2)s1. The molecule has 1 aliphatic heterocycles. The van der Waals surface area contributed by atoms with Crippen LogP contribution in [0.5, 0.6) is 0 Å². The third kappa shape index (κ3) is 4.65. The number of amides is 2. The average molecular weight is 446 g/mol. The maximum absolute atomic E-state index is 12.6. The molecule has 2 aromatic heterocycles. The van der Waals surface area contributed by atoms with Crippen LogP contribution in [0.25, 0.3) is 10.9 Å². The zero-order valence-electron chi connectivity index (χ0n) is 16.9. The van der Waals surface area contributed by atoms with Crippen molar-refractivity contribution in [2.75, 3.05) is 18.4 Å². The predicted octanol–water partition coefficient (Wildman–Crippen LogP) is 3.90. The highest BCUT2D eigenvalue weighted by Gasteiger charge is 2.34. The zero-order chi connectivity index (χ0) is 21.3. The fourth-order valence-electron chi connectivity index (χ4n) is 3.72. The number of hydrogen-bond acceptors (Lipinski definition) is 5. The van der Waals surface area contributed by atoms with Gasteiger partial charge >= 0.3 is 0 Å². The van der Waals surface area contributed by atoms with Gasteiger partial charge in [-0.05, 0) is 36.1 Å². The maximum atomic E-state index is 12.6. The molecule has 3 heterocycles. The summed E-state index contributed by atoms with van der Waals surface area (Å²) >= 11 is 7.51. The monoisotopic (exact) mass is 445 g/mol. The number of nitrogens with zero attached hydrogens (tertiary/aromatic N) is 3. The van der Waals surface area contributed by atoms with Crippen LogP contribution in [0.15, 0.2) is 24.4 Å². The number of likely N-dealkylation sites (tertiary alicyclic amines) is 1. The van der Waals surface area contributed by atoms with Gasteiger partial charge in [-0.1, -0.05) is 36.8 Å². The van der Waals surface area contributed by atoms with E-state index in [1.165, 1.54) is 11.3 Å². The first-order valence-corrected chi connectivity index (χ1v) is 11.2. The second kappa shape index (κ2) is 8.73. The van der Waals surface area contributed by atoms with Crippen LogP contribution in [0.3, 0.4) is 0 Å². The highest BCUT2D eigenvalue weighted by Crippen LogP contribution is 2.25. The van der Waals surface area contributed by atoms with E-state index in [0.29, 0.717) is 35.6 Å². The summed E-state index contributed by atoms with van der Waals surface area (Å²) in [4.78, 5) is 30.0. The summed E-state index contributed by atoms with van der Waals surface area (Å²) in [5.74, 6) is -0.0502. The van der Waals surface area contributed by atoms with Crippen LogP contribution in [-0.2, 0) is 22.4 Å². The zero-order valence-corrected chi connectivity index (χ0v) is 18.5. The second-order valence-electron chi connectivity index (χ2n) is 8.08. The molecule has 1 aliphatic rings. The Bertz CT molecular complexity index is 1080. The molecule has 30 heavy (non-hydrogen) atoms. The number of aromatic nitrogens is 3. The van der Waals surface area contributed by atoms with Crippen molar-refractivity contribution in [1.82, 2.24) is 20.1 Å². The fourth-order valence-corrected chi connectivity index (χ4v) is 4.85. The number of benzene rings is 1. The fraction of sp³-hybridized carbons (Fsp3) is 0.429. The van der Waals surface area contributed by atoms with Gasteiger partial charge in [0, 0.05) is 48.1 Å². The molecule has 0 radical (unpaired) electrons. The number of halogens is 1. The molecule has 0 spiro atoms. The molecule has 0 aliphatic carbocycles. The molecule has 7 nitrogen and oxygen atoms in total. The summed E-state index contributed by atoms with van der Waals surface area (Å²) in [5.41, 5.74) is 2.13. The topological polar surface area (TPSA) is 91.0 Å². The summed E-state index contributed by atoms with van der Waals surface area (Å²) in [7, 11) is 0. The summed E-state index contributed by atoms with van der Waals surface area (Å²) in [6.07, 6.45) is 3.72. The summed E-state index contributed by atoms with van der Waals surface area (Å²) in [5, 5.41) is 14.1. The lowest BCUT2D eigenvalue weighted by Gasteiger charge is -2.16. The van der Waals surface area contributed by atoms with Gasteiger partial charge in [0.2, 0.25) is 16.9 Å². The predicted molar refractivity (Wildman–Crippen MR) is 119 cm³/mol. The Hall–Kier alpha value is -2.45. The Morgan fingerprint density at radius 1 is 1.40 bits per heavy atom. The van der Waals surface area contributed by atoms with Crippen LogP contribution in [0, 0.1) is 11.8 Å². The van der Waals surface area contributed by atoms with Crippen molar-refractivity contribution in [2.45, 2.75) is 33.1 Å². The molecule has 3 aromatic rings. The van der Waals surface area contributed by atoms with Crippen LogP contribution >= 0.6 is 22.9 Å². The highest BCUT2D eigenvalue weighted by atomic mass is 35.5. The molecule has 1 aromatic carbocycles. The third-order valence-electron chi connectivity index (χ3n) is 5.25.